The first kappa shape index (κ1) is 21.3. The Morgan fingerprint density at radius 2 is 2.18 bits per heavy atom. The lowest BCUT2D eigenvalue weighted by molar-refractivity contribution is -0.124. The summed E-state index contributed by atoms with van der Waals surface area (Å²) in [6.07, 6.45) is 8.46. The smallest absolute Gasteiger partial charge is 0.234 e. The van der Waals surface area contributed by atoms with Crippen molar-refractivity contribution in [1.29, 1.82) is 0 Å². The van der Waals surface area contributed by atoms with Crippen LogP contribution in [0.4, 0.5) is 4.39 Å². The average molecular weight is 451 g/mol. The Balaban J connectivity index is 1.28. The van der Waals surface area contributed by atoms with Crippen LogP contribution in [0.5, 0.6) is 0 Å². The Labute approximate surface area is 195 Å². The number of fused-ring (bicyclic) bond motifs is 7. The largest absolute Gasteiger partial charge is 0.354 e. The highest BCUT2D eigenvalue weighted by atomic mass is 19.1. The molecule has 4 aliphatic rings. The Morgan fingerprint density at radius 1 is 1.30 bits per heavy atom. The van der Waals surface area contributed by atoms with Crippen molar-refractivity contribution >= 4 is 5.91 Å². The first-order chi connectivity index (χ1) is 16.0. The second-order valence-corrected chi connectivity index (χ2v) is 11.2. The molecule has 6 heteroatoms. The van der Waals surface area contributed by atoms with Crippen molar-refractivity contribution in [2.75, 3.05) is 19.6 Å². The molecule has 2 fully saturated rings. The number of H-pyrrole nitrogens is 1. The van der Waals surface area contributed by atoms with Gasteiger partial charge in [0.05, 0.1) is 12.7 Å². The number of aromatic amines is 1. The van der Waals surface area contributed by atoms with E-state index in [1.807, 2.05) is 6.07 Å². The first-order valence-electron chi connectivity index (χ1n) is 12.8. The summed E-state index contributed by atoms with van der Waals surface area (Å²) in [6, 6.07) is 6.10. The van der Waals surface area contributed by atoms with E-state index in [2.05, 4.69) is 46.5 Å². The standard InChI is InChI=1S/C27H35FN4O/c1-16(32-13-12-29-24(33)15-32)6-7-21-22-14-30-31-26(22)27(2)11-10-18-17-4-3-5-23(28)19(17)8-9-20(18)25(21)27/h3-5,14,16,18,20-21,25H,6-13,15H2,1-2H3,(H,29,33)(H,30,31)/t16?,18?,20?,21-,25?,27+/m1/s1. The number of hydrogen-bond acceptors (Lipinski definition) is 3. The van der Waals surface area contributed by atoms with Crippen molar-refractivity contribution in [2.24, 2.45) is 11.8 Å². The van der Waals surface area contributed by atoms with Crippen LogP contribution in [0, 0.1) is 17.7 Å². The van der Waals surface area contributed by atoms with Crippen LogP contribution in [0.25, 0.3) is 0 Å². The Hall–Kier alpha value is -2.21. The van der Waals surface area contributed by atoms with Crippen molar-refractivity contribution in [3.63, 3.8) is 0 Å². The Kier molecular flexibility index (Phi) is 5.13. The number of piperazine rings is 1. The zero-order valence-electron chi connectivity index (χ0n) is 19.7. The highest BCUT2D eigenvalue weighted by Gasteiger charge is 2.57. The van der Waals surface area contributed by atoms with E-state index in [9.17, 15) is 9.18 Å². The van der Waals surface area contributed by atoms with Crippen molar-refractivity contribution < 1.29 is 9.18 Å². The molecule has 6 rings (SSSR count). The number of benzene rings is 1. The quantitative estimate of drug-likeness (QED) is 0.732. The molecule has 176 valence electrons. The van der Waals surface area contributed by atoms with Gasteiger partial charge in [-0.3, -0.25) is 14.8 Å². The van der Waals surface area contributed by atoms with Crippen LogP contribution in [0.1, 0.15) is 80.2 Å². The molecule has 0 bridgehead atoms. The van der Waals surface area contributed by atoms with Crippen molar-refractivity contribution in [3.8, 4) is 0 Å². The van der Waals surface area contributed by atoms with Crippen LogP contribution < -0.4 is 5.32 Å². The van der Waals surface area contributed by atoms with Gasteiger partial charge in [-0.1, -0.05) is 19.1 Å². The fourth-order valence-corrected chi connectivity index (χ4v) is 8.06. The minimum Gasteiger partial charge on any atom is -0.354 e. The second kappa shape index (κ2) is 7.93. The van der Waals surface area contributed by atoms with Gasteiger partial charge in [0.2, 0.25) is 5.91 Å². The Bertz CT molecular complexity index is 1070. The lowest BCUT2D eigenvalue weighted by Gasteiger charge is -2.51. The highest BCUT2D eigenvalue weighted by Crippen LogP contribution is 2.64. The van der Waals surface area contributed by atoms with Gasteiger partial charge >= 0.3 is 0 Å². The molecule has 3 aliphatic carbocycles. The van der Waals surface area contributed by atoms with Gasteiger partial charge in [0.15, 0.2) is 0 Å². The van der Waals surface area contributed by atoms with Crippen LogP contribution in [0.3, 0.4) is 0 Å². The van der Waals surface area contributed by atoms with Gasteiger partial charge in [-0.15, -0.1) is 0 Å². The summed E-state index contributed by atoms with van der Waals surface area (Å²) in [4.78, 5) is 14.2. The molecule has 0 spiro atoms. The first-order valence-corrected chi connectivity index (χ1v) is 12.8. The number of nitrogens with one attached hydrogen (secondary N) is 2. The van der Waals surface area contributed by atoms with E-state index >= 15 is 0 Å². The predicted octanol–water partition coefficient (Wildman–Crippen LogP) is 4.26. The van der Waals surface area contributed by atoms with E-state index in [1.54, 1.807) is 6.07 Å². The summed E-state index contributed by atoms with van der Waals surface area (Å²) in [5, 5.41) is 10.8. The number of aromatic nitrogens is 2. The summed E-state index contributed by atoms with van der Waals surface area (Å²) in [7, 11) is 0. The molecule has 2 N–H and O–H groups in total. The number of rotatable bonds is 4. The molecule has 5 nitrogen and oxygen atoms in total. The molecule has 2 heterocycles. The number of hydrogen-bond donors (Lipinski definition) is 2. The van der Waals surface area contributed by atoms with E-state index in [1.165, 1.54) is 16.8 Å². The highest BCUT2D eigenvalue weighted by molar-refractivity contribution is 5.78. The monoisotopic (exact) mass is 450 g/mol. The molecule has 1 aromatic carbocycles. The van der Waals surface area contributed by atoms with E-state index in [-0.39, 0.29) is 17.1 Å². The number of amides is 1. The molecule has 0 radical (unpaired) electrons. The minimum absolute atomic E-state index is 0.0175. The summed E-state index contributed by atoms with van der Waals surface area (Å²) in [5.74, 6) is 2.21. The lowest BCUT2D eigenvalue weighted by Crippen LogP contribution is -2.51. The molecule has 4 unspecified atom stereocenters. The van der Waals surface area contributed by atoms with Gasteiger partial charge in [-0.05, 0) is 91.9 Å². The van der Waals surface area contributed by atoms with Crippen LogP contribution in [-0.4, -0.2) is 46.7 Å². The van der Waals surface area contributed by atoms with E-state index < -0.39 is 0 Å². The van der Waals surface area contributed by atoms with Crippen LogP contribution in [-0.2, 0) is 16.6 Å². The van der Waals surface area contributed by atoms with Crippen LogP contribution in [0.15, 0.2) is 24.4 Å². The van der Waals surface area contributed by atoms with Crippen molar-refractivity contribution in [2.45, 2.75) is 75.7 Å². The molecule has 6 atom stereocenters. The lowest BCUT2D eigenvalue weighted by atomic mass is 9.53. The summed E-state index contributed by atoms with van der Waals surface area (Å²) >= 11 is 0. The molecular formula is C27H35FN4O. The molecule has 33 heavy (non-hydrogen) atoms. The number of carbonyl (C=O) groups is 1. The third kappa shape index (κ3) is 3.28. The zero-order chi connectivity index (χ0) is 22.7. The fourth-order valence-electron chi connectivity index (χ4n) is 8.06. The molecule has 1 amide bonds. The maximum atomic E-state index is 14.6. The van der Waals surface area contributed by atoms with Crippen LogP contribution in [0.2, 0.25) is 0 Å². The summed E-state index contributed by atoms with van der Waals surface area (Å²) < 4.78 is 14.6. The molecular weight excluding hydrogens is 415 g/mol. The second-order valence-electron chi connectivity index (χ2n) is 11.2. The number of nitrogens with zero attached hydrogens (tertiary/aromatic N) is 2. The molecule has 1 aliphatic heterocycles. The summed E-state index contributed by atoms with van der Waals surface area (Å²) in [5.41, 5.74) is 5.13. The van der Waals surface area contributed by atoms with Gasteiger partial charge in [-0.2, -0.15) is 5.10 Å². The minimum atomic E-state index is -0.0175. The number of halogens is 1. The van der Waals surface area contributed by atoms with E-state index in [4.69, 9.17) is 0 Å². The normalized spacial score (nSPS) is 34.1. The third-order valence-corrected chi connectivity index (χ3v) is 9.63. The van der Waals surface area contributed by atoms with E-state index in [0.717, 1.165) is 57.2 Å². The van der Waals surface area contributed by atoms with Gasteiger partial charge < -0.3 is 5.32 Å². The van der Waals surface area contributed by atoms with Crippen LogP contribution >= 0.6 is 0 Å². The Morgan fingerprint density at radius 3 is 3.03 bits per heavy atom. The molecule has 1 saturated carbocycles. The summed E-state index contributed by atoms with van der Waals surface area (Å²) in [6.45, 7) is 6.91. The van der Waals surface area contributed by atoms with Gasteiger partial charge in [-0.25, -0.2) is 4.39 Å². The van der Waals surface area contributed by atoms with Crippen molar-refractivity contribution in [3.05, 3.63) is 52.6 Å². The van der Waals surface area contributed by atoms with E-state index in [0.29, 0.717) is 36.3 Å². The molecule has 1 saturated heterocycles. The topological polar surface area (TPSA) is 61.0 Å². The van der Waals surface area contributed by atoms with Gasteiger partial charge in [0.25, 0.3) is 0 Å². The van der Waals surface area contributed by atoms with Gasteiger partial charge in [0.1, 0.15) is 5.82 Å². The molecule has 2 aromatic rings. The van der Waals surface area contributed by atoms with Gasteiger partial charge in [0, 0.05) is 30.2 Å². The third-order valence-electron chi connectivity index (χ3n) is 9.63. The predicted molar refractivity (Wildman–Crippen MR) is 126 cm³/mol. The number of carbonyl (C=O) groups excluding carboxylic acids is 1. The average Bonchev–Trinajstić information content (AvgIpc) is 3.38. The maximum absolute atomic E-state index is 14.6. The molecule has 1 aromatic heterocycles. The SMILES string of the molecule is CC(CC[C@@H]1c2cn[nH]c2[C@@]2(C)CCC3c4cccc(F)c4CCC3C12)N1CCNC(=O)C1. The maximum Gasteiger partial charge on any atom is 0.234 e. The van der Waals surface area contributed by atoms with Crippen molar-refractivity contribution in [1.82, 2.24) is 20.4 Å². The fraction of sp³-hybridized carbons (Fsp3) is 0.630. The zero-order valence-corrected chi connectivity index (χ0v) is 19.7.